The maximum atomic E-state index is 11.9. The number of aromatic nitrogens is 1. The molecule has 0 bridgehead atoms. The van der Waals surface area contributed by atoms with Crippen LogP contribution in [0.15, 0.2) is 35.7 Å². The highest BCUT2D eigenvalue weighted by atomic mass is 35.5. The van der Waals surface area contributed by atoms with Crippen molar-refractivity contribution < 1.29 is 9.53 Å². The summed E-state index contributed by atoms with van der Waals surface area (Å²) in [5.74, 6) is -0.116. The van der Waals surface area contributed by atoms with Gasteiger partial charge < -0.3 is 15.8 Å². The van der Waals surface area contributed by atoms with E-state index in [1.165, 1.54) is 16.9 Å². The second-order valence-electron chi connectivity index (χ2n) is 5.17. The predicted octanol–water partition coefficient (Wildman–Crippen LogP) is 2.79. The summed E-state index contributed by atoms with van der Waals surface area (Å²) in [6.07, 6.45) is 2.53. The van der Waals surface area contributed by atoms with Gasteiger partial charge in [0.25, 0.3) is 5.91 Å². The van der Waals surface area contributed by atoms with Crippen LogP contribution >= 0.6 is 23.7 Å². The van der Waals surface area contributed by atoms with Crippen LogP contribution in [0, 0.1) is 0 Å². The number of thiazole rings is 1. The average Bonchev–Trinajstić information content (AvgIpc) is 3.04. The zero-order valence-corrected chi connectivity index (χ0v) is 15.2. The summed E-state index contributed by atoms with van der Waals surface area (Å²) >= 11 is 1.48. The summed E-state index contributed by atoms with van der Waals surface area (Å²) in [7, 11) is 0. The van der Waals surface area contributed by atoms with Gasteiger partial charge in [0.2, 0.25) is 0 Å². The Balaban J connectivity index is 0.00000288. The molecular weight excluding hydrogens is 346 g/mol. The van der Waals surface area contributed by atoms with Crippen molar-refractivity contribution in [2.45, 2.75) is 25.9 Å². The Hall–Kier alpha value is -1.47. The van der Waals surface area contributed by atoms with Gasteiger partial charge in [-0.2, -0.15) is 0 Å². The zero-order chi connectivity index (χ0) is 16.3. The molecular formula is C17H24ClN3O2S. The molecule has 5 nitrogen and oxygen atoms in total. The minimum Gasteiger partial charge on any atom is -0.377 e. The Morgan fingerprint density at radius 3 is 2.79 bits per heavy atom. The van der Waals surface area contributed by atoms with Gasteiger partial charge in [-0.05, 0) is 24.9 Å². The molecule has 0 aliphatic heterocycles. The standard InChI is InChI=1S/C17H23N3O2S.ClH/c18-9-8-16-20-15(13-23-16)17(21)19-10-4-5-11-22-12-14-6-2-1-3-7-14;/h1-3,6-7,13H,4-5,8-12,18H2,(H,19,21);1H. The third kappa shape index (κ3) is 7.40. The maximum Gasteiger partial charge on any atom is 0.270 e. The van der Waals surface area contributed by atoms with Crippen molar-refractivity contribution in [1.29, 1.82) is 0 Å². The van der Waals surface area contributed by atoms with Crippen molar-refractivity contribution in [1.82, 2.24) is 10.3 Å². The highest BCUT2D eigenvalue weighted by Gasteiger charge is 2.09. The van der Waals surface area contributed by atoms with Crippen LogP contribution in [-0.4, -0.2) is 30.6 Å². The number of rotatable bonds is 10. The third-order valence-electron chi connectivity index (χ3n) is 3.26. The Labute approximate surface area is 153 Å². The van der Waals surface area contributed by atoms with Crippen LogP contribution in [-0.2, 0) is 17.8 Å². The van der Waals surface area contributed by atoms with Gasteiger partial charge in [0.1, 0.15) is 5.69 Å². The molecule has 0 unspecified atom stereocenters. The van der Waals surface area contributed by atoms with E-state index in [-0.39, 0.29) is 18.3 Å². The second kappa shape index (κ2) is 12.0. The fraction of sp³-hybridized carbons (Fsp3) is 0.412. The molecule has 0 radical (unpaired) electrons. The van der Waals surface area contributed by atoms with Crippen LogP contribution in [0.1, 0.15) is 33.9 Å². The number of ether oxygens (including phenoxy) is 1. The molecule has 1 aromatic carbocycles. The molecule has 1 heterocycles. The lowest BCUT2D eigenvalue weighted by molar-refractivity contribution is 0.0941. The molecule has 132 valence electrons. The lowest BCUT2D eigenvalue weighted by atomic mass is 10.2. The first-order valence-corrected chi connectivity index (χ1v) is 8.72. The van der Waals surface area contributed by atoms with Crippen LogP contribution in [0.4, 0.5) is 0 Å². The number of amides is 1. The molecule has 0 fully saturated rings. The van der Waals surface area contributed by atoms with Crippen LogP contribution in [0.3, 0.4) is 0 Å². The van der Waals surface area contributed by atoms with E-state index in [9.17, 15) is 4.79 Å². The van der Waals surface area contributed by atoms with Gasteiger partial charge in [0.05, 0.1) is 11.6 Å². The smallest absolute Gasteiger partial charge is 0.270 e. The molecule has 7 heteroatoms. The summed E-state index contributed by atoms with van der Waals surface area (Å²) in [6.45, 7) is 2.52. The number of hydrogen-bond acceptors (Lipinski definition) is 5. The van der Waals surface area contributed by atoms with Crippen LogP contribution in [0.2, 0.25) is 0 Å². The number of halogens is 1. The SMILES string of the molecule is Cl.NCCc1nc(C(=O)NCCCCOCc2ccccc2)cs1. The Morgan fingerprint density at radius 2 is 2.04 bits per heavy atom. The van der Waals surface area contributed by atoms with Crippen molar-refractivity contribution in [3.05, 3.63) is 52.0 Å². The molecule has 2 aromatic rings. The normalized spacial score (nSPS) is 10.2. The molecule has 3 N–H and O–H groups in total. The monoisotopic (exact) mass is 369 g/mol. The molecule has 0 aliphatic carbocycles. The molecule has 0 aliphatic rings. The maximum absolute atomic E-state index is 11.9. The fourth-order valence-corrected chi connectivity index (χ4v) is 2.83. The third-order valence-corrected chi connectivity index (χ3v) is 4.16. The van der Waals surface area contributed by atoms with Crippen molar-refractivity contribution in [3.8, 4) is 0 Å². The van der Waals surface area contributed by atoms with Crippen molar-refractivity contribution >= 4 is 29.7 Å². The van der Waals surface area contributed by atoms with E-state index in [1.807, 2.05) is 30.3 Å². The Morgan fingerprint density at radius 1 is 1.25 bits per heavy atom. The van der Waals surface area contributed by atoms with Crippen molar-refractivity contribution in [2.24, 2.45) is 5.73 Å². The average molecular weight is 370 g/mol. The molecule has 1 aromatic heterocycles. The van der Waals surface area contributed by atoms with E-state index in [0.29, 0.717) is 32.0 Å². The molecule has 0 saturated carbocycles. The minimum atomic E-state index is -0.116. The summed E-state index contributed by atoms with van der Waals surface area (Å²) in [5, 5.41) is 5.57. The zero-order valence-electron chi connectivity index (χ0n) is 13.6. The van der Waals surface area contributed by atoms with E-state index < -0.39 is 0 Å². The minimum absolute atomic E-state index is 0. The summed E-state index contributed by atoms with van der Waals surface area (Å²) in [6, 6.07) is 10.1. The van der Waals surface area contributed by atoms with Gasteiger partial charge >= 0.3 is 0 Å². The van der Waals surface area contributed by atoms with Gasteiger partial charge in [-0.3, -0.25) is 4.79 Å². The van der Waals surface area contributed by atoms with Gasteiger partial charge in [-0.25, -0.2) is 4.98 Å². The number of hydrogen-bond donors (Lipinski definition) is 2. The molecule has 0 atom stereocenters. The molecule has 2 rings (SSSR count). The number of nitrogens with two attached hydrogens (primary N) is 1. The van der Waals surface area contributed by atoms with E-state index in [2.05, 4.69) is 10.3 Å². The summed E-state index contributed by atoms with van der Waals surface area (Å²) in [4.78, 5) is 16.2. The molecule has 24 heavy (non-hydrogen) atoms. The van der Waals surface area contributed by atoms with Crippen molar-refractivity contribution in [2.75, 3.05) is 19.7 Å². The second-order valence-corrected chi connectivity index (χ2v) is 6.11. The highest BCUT2D eigenvalue weighted by molar-refractivity contribution is 7.09. The molecule has 0 spiro atoms. The lowest BCUT2D eigenvalue weighted by Crippen LogP contribution is -2.25. The highest BCUT2D eigenvalue weighted by Crippen LogP contribution is 2.09. The predicted molar refractivity (Wildman–Crippen MR) is 99.8 cm³/mol. The largest absolute Gasteiger partial charge is 0.377 e. The van der Waals surface area contributed by atoms with Crippen LogP contribution in [0.5, 0.6) is 0 Å². The van der Waals surface area contributed by atoms with Gasteiger partial charge in [0.15, 0.2) is 0 Å². The summed E-state index contributed by atoms with van der Waals surface area (Å²) in [5.41, 5.74) is 7.14. The van der Waals surface area contributed by atoms with Gasteiger partial charge in [-0.15, -0.1) is 23.7 Å². The molecule has 0 saturated heterocycles. The fourth-order valence-electron chi connectivity index (χ4n) is 2.04. The first-order valence-electron chi connectivity index (χ1n) is 7.84. The number of carbonyl (C=O) groups is 1. The number of unbranched alkanes of at least 4 members (excludes halogenated alkanes) is 1. The lowest BCUT2D eigenvalue weighted by Gasteiger charge is -2.05. The summed E-state index contributed by atoms with van der Waals surface area (Å²) < 4.78 is 5.61. The number of benzene rings is 1. The van der Waals surface area contributed by atoms with Crippen molar-refractivity contribution in [3.63, 3.8) is 0 Å². The van der Waals surface area contributed by atoms with E-state index in [4.69, 9.17) is 10.5 Å². The van der Waals surface area contributed by atoms with Crippen LogP contribution in [0.25, 0.3) is 0 Å². The molecule has 1 amide bonds. The van der Waals surface area contributed by atoms with Gasteiger partial charge in [0, 0.05) is 25.0 Å². The number of nitrogens with zero attached hydrogens (tertiary/aromatic N) is 1. The Kier molecular flexibility index (Phi) is 10.3. The topological polar surface area (TPSA) is 77.2 Å². The Bertz CT molecular complexity index is 593. The first kappa shape index (κ1) is 20.6. The first-order chi connectivity index (χ1) is 11.3. The van der Waals surface area contributed by atoms with E-state index in [1.54, 1.807) is 5.38 Å². The quantitative estimate of drug-likeness (QED) is 0.631. The van der Waals surface area contributed by atoms with Crippen LogP contribution < -0.4 is 11.1 Å². The number of carbonyl (C=O) groups excluding carboxylic acids is 1. The van der Waals surface area contributed by atoms with Gasteiger partial charge in [-0.1, -0.05) is 30.3 Å². The van der Waals surface area contributed by atoms with E-state index >= 15 is 0 Å². The van der Waals surface area contributed by atoms with E-state index in [0.717, 1.165) is 24.3 Å². The number of nitrogens with one attached hydrogen (secondary N) is 1.